The molecule has 3 aromatic rings. The average molecular weight is 392 g/mol. The van der Waals surface area contributed by atoms with Crippen molar-refractivity contribution in [2.75, 3.05) is 32.0 Å². The van der Waals surface area contributed by atoms with Crippen LogP contribution >= 0.6 is 0 Å². The van der Waals surface area contributed by atoms with Gasteiger partial charge in [-0.3, -0.25) is 4.79 Å². The van der Waals surface area contributed by atoms with Crippen molar-refractivity contribution in [1.29, 1.82) is 0 Å². The van der Waals surface area contributed by atoms with E-state index in [0.29, 0.717) is 29.3 Å². The summed E-state index contributed by atoms with van der Waals surface area (Å²) in [5.74, 6) is 1.46. The van der Waals surface area contributed by atoms with Crippen LogP contribution in [-0.4, -0.2) is 27.2 Å². The van der Waals surface area contributed by atoms with Crippen LogP contribution in [0, 0.1) is 0 Å². The topological polar surface area (TPSA) is 68.8 Å². The molecule has 6 heteroatoms. The van der Waals surface area contributed by atoms with Gasteiger partial charge in [-0.15, -0.1) is 0 Å². The molecule has 0 aromatic heterocycles. The maximum Gasteiger partial charge on any atom is 0.263 e. The molecule has 0 saturated carbocycles. The van der Waals surface area contributed by atoms with Crippen LogP contribution in [0.5, 0.6) is 17.2 Å². The molecule has 0 fully saturated rings. The van der Waals surface area contributed by atoms with Crippen LogP contribution in [0.15, 0.2) is 66.7 Å². The van der Waals surface area contributed by atoms with Gasteiger partial charge in [0.15, 0.2) is 0 Å². The highest BCUT2D eigenvalue weighted by molar-refractivity contribution is 6.08. The lowest BCUT2D eigenvalue weighted by Crippen LogP contribution is -2.14. The van der Waals surface area contributed by atoms with Crippen LogP contribution in [-0.2, 0) is 6.54 Å². The summed E-state index contributed by atoms with van der Waals surface area (Å²) >= 11 is 0. The van der Waals surface area contributed by atoms with Gasteiger partial charge in [0, 0.05) is 17.9 Å². The molecule has 3 aromatic carbocycles. The molecule has 0 heterocycles. The summed E-state index contributed by atoms with van der Waals surface area (Å²) in [7, 11) is 4.70. The molecule has 0 atom stereocenters. The Morgan fingerprint density at radius 3 is 1.90 bits per heavy atom. The lowest BCUT2D eigenvalue weighted by Gasteiger charge is -2.13. The van der Waals surface area contributed by atoms with E-state index in [0.717, 1.165) is 17.0 Å². The molecule has 0 radical (unpaired) electrons. The lowest BCUT2D eigenvalue weighted by atomic mass is 10.1. The SMILES string of the molecule is COc1ccc(CNc2ccc(NC(=O)c3c(OC)cccc3OC)cc2)cc1. The number of methoxy groups -OCH3 is 3. The maximum absolute atomic E-state index is 12.7. The van der Waals surface area contributed by atoms with Crippen molar-refractivity contribution < 1.29 is 19.0 Å². The molecular weight excluding hydrogens is 368 g/mol. The minimum Gasteiger partial charge on any atom is -0.497 e. The third-order valence-corrected chi connectivity index (χ3v) is 4.45. The highest BCUT2D eigenvalue weighted by Crippen LogP contribution is 2.29. The third kappa shape index (κ3) is 4.99. The average Bonchev–Trinajstić information content (AvgIpc) is 2.78. The monoisotopic (exact) mass is 392 g/mol. The molecule has 0 bridgehead atoms. The fourth-order valence-electron chi connectivity index (χ4n) is 2.89. The van der Waals surface area contributed by atoms with Crippen molar-refractivity contribution in [3.8, 4) is 17.2 Å². The Bertz CT molecular complexity index is 931. The number of carbonyl (C=O) groups is 1. The van der Waals surface area contributed by atoms with E-state index in [9.17, 15) is 4.79 Å². The maximum atomic E-state index is 12.7. The number of nitrogens with one attached hydrogen (secondary N) is 2. The molecule has 0 unspecified atom stereocenters. The summed E-state index contributed by atoms with van der Waals surface area (Å²) in [5.41, 5.74) is 3.14. The standard InChI is InChI=1S/C23H24N2O4/c1-27-19-13-7-16(8-14-19)15-24-17-9-11-18(12-10-17)25-23(26)22-20(28-2)5-4-6-21(22)29-3/h4-14,24H,15H2,1-3H3,(H,25,26). The molecule has 6 nitrogen and oxygen atoms in total. The molecule has 0 aliphatic carbocycles. The van der Waals surface area contributed by atoms with Gasteiger partial charge in [-0.1, -0.05) is 18.2 Å². The van der Waals surface area contributed by atoms with Crippen LogP contribution in [0.1, 0.15) is 15.9 Å². The second-order valence-corrected chi connectivity index (χ2v) is 6.27. The van der Waals surface area contributed by atoms with E-state index < -0.39 is 0 Å². The number of hydrogen-bond donors (Lipinski definition) is 2. The zero-order valence-corrected chi connectivity index (χ0v) is 16.7. The second kappa shape index (κ2) is 9.50. The minimum atomic E-state index is -0.293. The molecule has 3 rings (SSSR count). The highest BCUT2D eigenvalue weighted by Gasteiger charge is 2.18. The van der Waals surface area contributed by atoms with E-state index in [4.69, 9.17) is 14.2 Å². The van der Waals surface area contributed by atoms with Gasteiger partial charge >= 0.3 is 0 Å². The molecule has 0 aliphatic rings. The molecular formula is C23H24N2O4. The summed E-state index contributed by atoms with van der Waals surface area (Å²) in [4.78, 5) is 12.7. The Morgan fingerprint density at radius 1 is 0.759 bits per heavy atom. The van der Waals surface area contributed by atoms with E-state index in [2.05, 4.69) is 10.6 Å². The van der Waals surface area contributed by atoms with Crippen LogP contribution in [0.2, 0.25) is 0 Å². The molecule has 0 aliphatic heterocycles. The smallest absolute Gasteiger partial charge is 0.263 e. The predicted molar refractivity (Wildman–Crippen MR) is 114 cm³/mol. The van der Waals surface area contributed by atoms with Crippen molar-refractivity contribution in [3.05, 3.63) is 77.9 Å². The van der Waals surface area contributed by atoms with Crippen LogP contribution in [0.3, 0.4) is 0 Å². The van der Waals surface area contributed by atoms with E-state index in [1.54, 1.807) is 25.3 Å². The van der Waals surface area contributed by atoms with Crippen LogP contribution in [0.25, 0.3) is 0 Å². The number of benzene rings is 3. The molecule has 0 spiro atoms. The number of carbonyl (C=O) groups excluding carboxylic acids is 1. The number of rotatable bonds is 8. The number of hydrogen-bond acceptors (Lipinski definition) is 5. The number of ether oxygens (including phenoxy) is 3. The van der Waals surface area contributed by atoms with E-state index in [-0.39, 0.29) is 5.91 Å². The van der Waals surface area contributed by atoms with E-state index in [1.807, 2.05) is 48.5 Å². The summed E-state index contributed by atoms with van der Waals surface area (Å²) in [6.07, 6.45) is 0. The van der Waals surface area contributed by atoms with Gasteiger partial charge < -0.3 is 24.8 Å². The van der Waals surface area contributed by atoms with Gasteiger partial charge in [0.2, 0.25) is 0 Å². The first-order valence-corrected chi connectivity index (χ1v) is 9.14. The van der Waals surface area contributed by atoms with Gasteiger partial charge in [0.1, 0.15) is 22.8 Å². The number of amides is 1. The minimum absolute atomic E-state index is 0.293. The first-order valence-electron chi connectivity index (χ1n) is 9.14. The summed E-state index contributed by atoms with van der Waals surface area (Å²) in [6, 6.07) is 20.6. The zero-order valence-electron chi connectivity index (χ0n) is 16.7. The zero-order chi connectivity index (χ0) is 20.6. The Balaban J connectivity index is 1.64. The normalized spacial score (nSPS) is 10.2. The van der Waals surface area contributed by atoms with Crippen LogP contribution < -0.4 is 24.8 Å². The fourth-order valence-corrected chi connectivity index (χ4v) is 2.89. The largest absolute Gasteiger partial charge is 0.497 e. The Kier molecular flexibility index (Phi) is 6.58. The Morgan fingerprint density at radius 2 is 1.34 bits per heavy atom. The van der Waals surface area contributed by atoms with Crippen molar-refractivity contribution in [1.82, 2.24) is 0 Å². The second-order valence-electron chi connectivity index (χ2n) is 6.27. The molecule has 29 heavy (non-hydrogen) atoms. The first kappa shape index (κ1) is 20.1. The number of anilines is 2. The highest BCUT2D eigenvalue weighted by atomic mass is 16.5. The van der Waals surface area contributed by atoms with Crippen LogP contribution in [0.4, 0.5) is 11.4 Å². The summed E-state index contributed by atoms with van der Waals surface area (Å²) in [6.45, 7) is 0.689. The van der Waals surface area contributed by atoms with E-state index in [1.165, 1.54) is 14.2 Å². The molecule has 1 amide bonds. The van der Waals surface area contributed by atoms with Crippen molar-refractivity contribution in [3.63, 3.8) is 0 Å². The van der Waals surface area contributed by atoms with Gasteiger partial charge in [0.25, 0.3) is 5.91 Å². The lowest BCUT2D eigenvalue weighted by molar-refractivity contribution is 0.102. The fraction of sp³-hybridized carbons (Fsp3) is 0.174. The van der Waals surface area contributed by atoms with E-state index >= 15 is 0 Å². The van der Waals surface area contributed by atoms with Crippen molar-refractivity contribution in [2.24, 2.45) is 0 Å². The van der Waals surface area contributed by atoms with Gasteiger partial charge in [0.05, 0.1) is 21.3 Å². The van der Waals surface area contributed by atoms with Crippen molar-refractivity contribution in [2.45, 2.75) is 6.54 Å². The molecule has 2 N–H and O–H groups in total. The predicted octanol–water partition coefficient (Wildman–Crippen LogP) is 4.58. The van der Waals surface area contributed by atoms with Crippen molar-refractivity contribution >= 4 is 17.3 Å². The Hall–Kier alpha value is -3.67. The van der Waals surface area contributed by atoms with Gasteiger partial charge in [-0.05, 0) is 54.1 Å². The summed E-state index contributed by atoms with van der Waals surface area (Å²) in [5, 5.41) is 6.23. The van der Waals surface area contributed by atoms with Gasteiger partial charge in [-0.25, -0.2) is 0 Å². The summed E-state index contributed by atoms with van der Waals surface area (Å²) < 4.78 is 15.8. The molecule has 0 saturated heterocycles. The first-order chi connectivity index (χ1) is 14.1. The molecule has 150 valence electrons. The quantitative estimate of drug-likeness (QED) is 0.587. The third-order valence-electron chi connectivity index (χ3n) is 4.45. The van der Waals surface area contributed by atoms with Gasteiger partial charge in [-0.2, -0.15) is 0 Å². The Labute approximate surface area is 170 Å².